The number of H-pyrrole nitrogens is 1. The lowest BCUT2D eigenvalue weighted by Crippen LogP contribution is -2.06. The minimum atomic E-state index is -0.434. The summed E-state index contributed by atoms with van der Waals surface area (Å²) in [6, 6.07) is 7.25. The van der Waals surface area contributed by atoms with E-state index in [0.717, 1.165) is 11.1 Å². The normalized spacial score (nSPS) is 10.5. The highest BCUT2D eigenvalue weighted by Gasteiger charge is 2.05. The molecule has 2 rings (SSSR count). The van der Waals surface area contributed by atoms with E-state index in [9.17, 15) is 9.90 Å². The molecule has 0 aliphatic rings. The van der Waals surface area contributed by atoms with Crippen molar-refractivity contribution >= 4 is 10.8 Å². The van der Waals surface area contributed by atoms with Crippen molar-refractivity contribution in [3.8, 4) is 5.75 Å². The largest absolute Gasteiger partial charge is 0.503 e. The molecule has 0 atom stereocenters. The average Bonchev–Trinajstić information content (AvgIpc) is 2.15. The second-order valence-corrected chi connectivity index (χ2v) is 2.97. The molecule has 1 heterocycles. The molecule has 0 radical (unpaired) electrons. The smallest absolute Gasteiger partial charge is 0.290 e. The molecule has 0 saturated heterocycles. The topological polar surface area (TPSA) is 53.1 Å². The Bertz CT molecular complexity index is 514. The zero-order valence-electron chi connectivity index (χ0n) is 7.16. The molecule has 0 unspecified atom stereocenters. The average molecular weight is 175 g/mol. The summed E-state index contributed by atoms with van der Waals surface area (Å²) in [4.78, 5) is 13.7. The first-order valence-electron chi connectivity index (χ1n) is 4.01. The fourth-order valence-electron chi connectivity index (χ4n) is 1.44. The van der Waals surface area contributed by atoms with Crippen LogP contribution >= 0.6 is 0 Å². The van der Waals surface area contributed by atoms with E-state index in [1.54, 1.807) is 12.1 Å². The number of aromatic hydroxyl groups is 1. The number of hydrogen-bond donors (Lipinski definition) is 2. The van der Waals surface area contributed by atoms with Crippen LogP contribution in [0.1, 0.15) is 5.69 Å². The minimum Gasteiger partial charge on any atom is -0.503 e. The van der Waals surface area contributed by atoms with E-state index in [0.29, 0.717) is 5.39 Å². The van der Waals surface area contributed by atoms with E-state index in [1.165, 1.54) is 0 Å². The van der Waals surface area contributed by atoms with Gasteiger partial charge in [0.05, 0.1) is 0 Å². The highest BCUT2D eigenvalue weighted by molar-refractivity contribution is 5.89. The van der Waals surface area contributed by atoms with E-state index in [2.05, 4.69) is 4.98 Å². The van der Waals surface area contributed by atoms with Gasteiger partial charge >= 0.3 is 0 Å². The number of aryl methyl sites for hydroxylation is 1. The maximum atomic E-state index is 11.1. The van der Waals surface area contributed by atoms with E-state index in [1.807, 2.05) is 19.1 Å². The summed E-state index contributed by atoms with van der Waals surface area (Å²) in [5.41, 5.74) is 0.342. The first-order valence-corrected chi connectivity index (χ1v) is 4.01. The van der Waals surface area contributed by atoms with E-state index in [-0.39, 0.29) is 5.75 Å². The van der Waals surface area contributed by atoms with Gasteiger partial charge < -0.3 is 10.1 Å². The Balaban J connectivity index is 3.06. The number of aromatic amines is 1. The Labute approximate surface area is 74.7 Å². The van der Waals surface area contributed by atoms with Crippen molar-refractivity contribution in [3.63, 3.8) is 0 Å². The standard InChI is InChI=1S/C10H9NO2/c1-6-7-4-2-3-5-8(7)9(12)10(13)11-6/h2-5,12H,1H3,(H,11,13). The van der Waals surface area contributed by atoms with E-state index < -0.39 is 5.56 Å². The summed E-state index contributed by atoms with van der Waals surface area (Å²) < 4.78 is 0. The van der Waals surface area contributed by atoms with Crippen LogP contribution in [0.5, 0.6) is 5.75 Å². The highest BCUT2D eigenvalue weighted by Crippen LogP contribution is 2.21. The lowest BCUT2D eigenvalue weighted by molar-refractivity contribution is 0.473. The van der Waals surface area contributed by atoms with Crippen LogP contribution in [-0.2, 0) is 0 Å². The summed E-state index contributed by atoms with van der Waals surface area (Å²) >= 11 is 0. The number of fused-ring (bicyclic) bond motifs is 1. The van der Waals surface area contributed by atoms with Crippen LogP contribution in [0.25, 0.3) is 10.8 Å². The number of hydrogen-bond acceptors (Lipinski definition) is 2. The van der Waals surface area contributed by atoms with Crippen LogP contribution in [0.3, 0.4) is 0 Å². The van der Waals surface area contributed by atoms with Gasteiger partial charge in [0.25, 0.3) is 5.56 Å². The van der Waals surface area contributed by atoms with Crippen molar-refractivity contribution in [1.82, 2.24) is 4.98 Å². The molecular weight excluding hydrogens is 166 g/mol. The van der Waals surface area contributed by atoms with Crippen LogP contribution in [0, 0.1) is 6.92 Å². The van der Waals surface area contributed by atoms with Gasteiger partial charge in [0, 0.05) is 16.5 Å². The number of nitrogens with one attached hydrogen (secondary N) is 1. The Morgan fingerprint density at radius 1 is 1.23 bits per heavy atom. The number of aromatic nitrogens is 1. The van der Waals surface area contributed by atoms with Crippen LogP contribution in [0.4, 0.5) is 0 Å². The zero-order chi connectivity index (χ0) is 9.42. The second-order valence-electron chi connectivity index (χ2n) is 2.97. The van der Waals surface area contributed by atoms with Crippen molar-refractivity contribution < 1.29 is 5.11 Å². The van der Waals surface area contributed by atoms with Gasteiger partial charge in [-0.2, -0.15) is 0 Å². The molecule has 0 spiro atoms. The number of benzene rings is 1. The second kappa shape index (κ2) is 2.62. The third-order valence-corrected chi connectivity index (χ3v) is 2.10. The van der Waals surface area contributed by atoms with Crippen molar-refractivity contribution in [2.75, 3.05) is 0 Å². The summed E-state index contributed by atoms with van der Waals surface area (Å²) in [5, 5.41) is 10.9. The Hall–Kier alpha value is -1.77. The predicted octanol–water partition coefficient (Wildman–Crippen LogP) is 1.54. The number of rotatable bonds is 0. The molecule has 0 bridgehead atoms. The van der Waals surface area contributed by atoms with E-state index >= 15 is 0 Å². The van der Waals surface area contributed by atoms with Crippen molar-refractivity contribution in [3.05, 3.63) is 40.3 Å². The summed E-state index contributed by atoms with van der Waals surface area (Å²) in [5.74, 6) is -0.207. The molecule has 1 aromatic carbocycles. The molecule has 1 aromatic heterocycles. The van der Waals surface area contributed by atoms with Crippen LogP contribution in [-0.4, -0.2) is 10.1 Å². The molecule has 0 amide bonds. The zero-order valence-corrected chi connectivity index (χ0v) is 7.16. The third-order valence-electron chi connectivity index (χ3n) is 2.10. The van der Waals surface area contributed by atoms with Crippen LogP contribution in [0.15, 0.2) is 29.1 Å². The van der Waals surface area contributed by atoms with Crippen molar-refractivity contribution in [2.24, 2.45) is 0 Å². The number of pyridine rings is 1. The van der Waals surface area contributed by atoms with Gasteiger partial charge in [0.1, 0.15) is 0 Å². The minimum absolute atomic E-state index is 0.207. The highest BCUT2D eigenvalue weighted by atomic mass is 16.3. The van der Waals surface area contributed by atoms with Gasteiger partial charge in [0.15, 0.2) is 5.75 Å². The Kier molecular flexibility index (Phi) is 1.59. The van der Waals surface area contributed by atoms with Crippen LogP contribution < -0.4 is 5.56 Å². The predicted molar refractivity (Wildman–Crippen MR) is 51.0 cm³/mol. The summed E-state index contributed by atoms with van der Waals surface area (Å²) in [7, 11) is 0. The Morgan fingerprint density at radius 3 is 2.54 bits per heavy atom. The molecule has 0 aliphatic carbocycles. The summed E-state index contributed by atoms with van der Waals surface area (Å²) in [6.07, 6.45) is 0. The van der Waals surface area contributed by atoms with Crippen molar-refractivity contribution in [2.45, 2.75) is 6.92 Å². The molecule has 0 saturated carbocycles. The molecule has 3 nitrogen and oxygen atoms in total. The third kappa shape index (κ3) is 1.09. The first-order chi connectivity index (χ1) is 6.20. The fraction of sp³-hybridized carbons (Fsp3) is 0.100. The molecule has 2 N–H and O–H groups in total. The lowest BCUT2D eigenvalue weighted by Gasteiger charge is -2.02. The van der Waals surface area contributed by atoms with Gasteiger partial charge in [-0.15, -0.1) is 0 Å². The fourth-order valence-corrected chi connectivity index (χ4v) is 1.44. The first kappa shape index (κ1) is 7.86. The maximum absolute atomic E-state index is 11.1. The van der Waals surface area contributed by atoms with Crippen LogP contribution in [0.2, 0.25) is 0 Å². The summed E-state index contributed by atoms with van der Waals surface area (Å²) in [6.45, 7) is 1.81. The molecule has 2 aromatic rings. The lowest BCUT2D eigenvalue weighted by atomic mass is 10.1. The van der Waals surface area contributed by atoms with Crippen molar-refractivity contribution in [1.29, 1.82) is 0 Å². The van der Waals surface area contributed by atoms with Gasteiger partial charge in [-0.05, 0) is 6.92 Å². The Morgan fingerprint density at radius 2 is 1.85 bits per heavy atom. The molecule has 0 fully saturated rings. The molecule has 3 heteroatoms. The van der Waals surface area contributed by atoms with E-state index in [4.69, 9.17) is 0 Å². The quantitative estimate of drug-likeness (QED) is 0.638. The molecule has 66 valence electrons. The maximum Gasteiger partial charge on any atom is 0.290 e. The van der Waals surface area contributed by atoms with Gasteiger partial charge in [-0.25, -0.2) is 0 Å². The van der Waals surface area contributed by atoms with Gasteiger partial charge in [-0.3, -0.25) is 4.79 Å². The molecular formula is C10H9NO2. The van der Waals surface area contributed by atoms with Gasteiger partial charge in [0.2, 0.25) is 0 Å². The SMILES string of the molecule is Cc1[nH]c(=O)c(O)c2ccccc12. The van der Waals surface area contributed by atoms with Gasteiger partial charge in [-0.1, -0.05) is 24.3 Å². The monoisotopic (exact) mass is 175 g/mol. The molecule has 13 heavy (non-hydrogen) atoms. The molecule has 0 aliphatic heterocycles.